The minimum absolute atomic E-state index is 0.0939. The maximum absolute atomic E-state index is 12.4. The van der Waals surface area contributed by atoms with Gasteiger partial charge in [-0.15, -0.1) is 0 Å². The molecule has 0 aromatic heterocycles. The number of hydrogen-bond acceptors (Lipinski definition) is 5. The number of carboxylic acid groups (broad SMARTS) is 1. The van der Waals surface area contributed by atoms with Gasteiger partial charge in [0, 0.05) is 20.1 Å². The predicted molar refractivity (Wildman–Crippen MR) is 99.8 cm³/mol. The van der Waals surface area contributed by atoms with Crippen LogP contribution in [-0.2, 0) is 24.3 Å². The number of aliphatic carboxylic acids is 1. The van der Waals surface area contributed by atoms with Crippen molar-refractivity contribution in [3.63, 3.8) is 0 Å². The molecule has 0 bridgehead atoms. The van der Waals surface area contributed by atoms with Crippen LogP contribution in [-0.4, -0.2) is 51.2 Å². The van der Waals surface area contributed by atoms with Gasteiger partial charge in [0.25, 0.3) is 0 Å². The van der Waals surface area contributed by atoms with E-state index < -0.39 is 27.4 Å². The Morgan fingerprint density at radius 1 is 1.15 bits per heavy atom. The Hall–Kier alpha value is -2.49. The molecule has 1 atom stereocenters. The molecule has 0 saturated heterocycles. The number of methoxy groups -OCH3 is 1. The van der Waals surface area contributed by atoms with E-state index in [1.165, 1.54) is 20.1 Å². The number of hydrogen-bond donors (Lipinski definition) is 3. The van der Waals surface area contributed by atoms with E-state index in [-0.39, 0.29) is 24.5 Å². The summed E-state index contributed by atoms with van der Waals surface area (Å²) in [6.07, 6.45) is -0.209. The Labute approximate surface area is 157 Å². The number of carbonyl (C=O) groups is 2. The molecule has 0 aliphatic carbocycles. The Bertz CT molecular complexity index is 944. The molecular weight excluding hydrogens is 372 g/mol. The average Bonchev–Trinajstić information content (AvgIpc) is 2.61. The van der Waals surface area contributed by atoms with Gasteiger partial charge < -0.3 is 15.2 Å². The van der Waals surface area contributed by atoms with Crippen LogP contribution in [0.1, 0.15) is 13.3 Å². The predicted octanol–water partition coefficient (Wildman–Crippen LogP) is 1.11. The Balaban J connectivity index is 1.98. The van der Waals surface area contributed by atoms with Crippen molar-refractivity contribution >= 4 is 32.7 Å². The molecule has 9 heteroatoms. The van der Waals surface area contributed by atoms with Gasteiger partial charge in [0.05, 0.1) is 11.5 Å². The van der Waals surface area contributed by atoms with E-state index in [9.17, 15) is 23.1 Å². The Morgan fingerprint density at radius 2 is 1.81 bits per heavy atom. The molecular formula is C18H22N2O6S. The summed E-state index contributed by atoms with van der Waals surface area (Å²) in [5.74, 6) is -1.84. The molecule has 1 amide bonds. The first kappa shape index (κ1) is 20.8. The summed E-state index contributed by atoms with van der Waals surface area (Å²) in [6, 6.07) is 12.1. The summed E-state index contributed by atoms with van der Waals surface area (Å²) in [6.45, 7) is 0.941. The highest BCUT2D eigenvalue weighted by molar-refractivity contribution is 7.89. The van der Waals surface area contributed by atoms with Crippen molar-refractivity contribution in [1.29, 1.82) is 0 Å². The lowest BCUT2D eigenvalue weighted by Gasteiger charge is -2.25. The smallest absolute Gasteiger partial charge is 0.331 e. The van der Waals surface area contributed by atoms with Gasteiger partial charge in [-0.3, -0.25) is 4.79 Å². The Morgan fingerprint density at radius 3 is 2.44 bits per heavy atom. The molecule has 0 fully saturated rings. The molecule has 0 aliphatic heterocycles. The third-order valence-corrected chi connectivity index (χ3v) is 5.45. The van der Waals surface area contributed by atoms with Crippen molar-refractivity contribution in [3.05, 3.63) is 42.5 Å². The second kappa shape index (κ2) is 8.47. The van der Waals surface area contributed by atoms with Crippen LogP contribution in [0.15, 0.2) is 47.4 Å². The monoisotopic (exact) mass is 394 g/mol. The molecule has 1 unspecified atom stereocenters. The fourth-order valence-electron chi connectivity index (χ4n) is 2.53. The van der Waals surface area contributed by atoms with Crippen LogP contribution in [0.25, 0.3) is 10.8 Å². The first-order chi connectivity index (χ1) is 12.7. The first-order valence-electron chi connectivity index (χ1n) is 8.20. The summed E-state index contributed by atoms with van der Waals surface area (Å²) in [4.78, 5) is 23.3. The number of ether oxygens (including phenoxy) is 1. The van der Waals surface area contributed by atoms with Crippen LogP contribution >= 0.6 is 0 Å². The summed E-state index contributed by atoms with van der Waals surface area (Å²) in [5.41, 5.74) is -1.58. The molecule has 3 N–H and O–H groups in total. The normalized spacial score (nSPS) is 13.9. The van der Waals surface area contributed by atoms with Crippen LogP contribution in [0.2, 0.25) is 0 Å². The van der Waals surface area contributed by atoms with E-state index in [2.05, 4.69) is 10.0 Å². The molecule has 2 aromatic carbocycles. The lowest BCUT2D eigenvalue weighted by Crippen LogP contribution is -2.55. The van der Waals surface area contributed by atoms with Gasteiger partial charge in [0.1, 0.15) is 0 Å². The highest BCUT2D eigenvalue weighted by atomic mass is 32.2. The fourth-order valence-corrected chi connectivity index (χ4v) is 3.59. The molecule has 0 saturated carbocycles. The quantitative estimate of drug-likeness (QED) is 0.586. The molecule has 27 heavy (non-hydrogen) atoms. The maximum atomic E-state index is 12.4. The van der Waals surface area contributed by atoms with Gasteiger partial charge in [0.15, 0.2) is 5.54 Å². The number of rotatable bonds is 9. The number of benzene rings is 2. The van der Waals surface area contributed by atoms with Crippen molar-refractivity contribution in [3.8, 4) is 0 Å². The molecule has 8 nitrogen and oxygen atoms in total. The number of nitrogens with one attached hydrogen (secondary N) is 2. The van der Waals surface area contributed by atoms with Gasteiger partial charge in [-0.25, -0.2) is 17.9 Å². The van der Waals surface area contributed by atoms with Crippen LogP contribution < -0.4 is 10.0 Å². The SMILES string of the molecule is COCC(C)(NC(=O)CCNS(=O)(=O)c1ccc2ccccc2c1)C(=O)O. The van der Waals surface area contributed by atoms with Gasteiger partial charge in [-0.2, -0.15) is 0 Å². The highest BCUT2D eigenvalue weighted by Crippen LogP contribution is 2.18. The average molecular weight is 394 g/mol. The van der Waals surface area contributed by atoms with Gasteiger partial charge in [0.2, 0.25) is 15.9 Å². The second-order valence-electron chi connectivity index (χ2n) is 6.28. The van der Waals surface area contributed by atoms with Crippen molar-refractivity contribution in [2.75, 3.05) is 20.3 Å². The van der Waals surface area contributed by atoms with E-state index in [1.807, 2.05) is 24.3 Å². The number of carboxylic acids is 1. The van der Waals surface area contributed by atoms with Crippen molar-refractivity contribution in [1.82, 2.24) is 10.0 Å². The fraction of sp³-hybridized carbons (Fsp3) is 0.333. The summed E-state index contributed by atoms with van der Waals surface area (Å²) < 4.78 is 32.0. The maximum Gasteiger partial charge on any atom is 0.331 e. The Kier molecular flexibility index (Phi) is 6.53. The molecule has 146 valence electrons. The van der Waals surface area contributed by atoms with E-state index in [0.29, 0.717) is 0 Å². The summed E-state index contributed by atoms with van der Waals surface area (Å²) in [5, 5.41) is 13.2. The van der Waals surface area contributed by atoms with Gasteiger partial charge in [-0.05, 0) is 29.8 Å². The molecule has 2 rings (SSSR count). The van der Waals surface area contributed by atoms with Crippen LogP contribution in [0.3, 0.4) is 0 Å². The lowest BCUT2D eigenvalue weighted by atomic mass is 10.0. The number of fused-ring (bicyclic) bond motifs is 1. The zero-order chi connectivity index (χ0) is 20.1. The zero-order valence-electron chi connectivity index (χ0n) is 15.1. The van der Waals surface area contributed by atoms with Crippen molar-refractivity contribution in [2.24, 2.45) is 0 Å². The number of amides is 1. The molecule has 2 aromatic rings. The zero-order valence-corrected chi connectivity index (χ0v) is 15.9. The molecule has 0 radical (unpaired) electrons. The largest absolute Gasteiger partial charge is 0.479 e. The first-order valence-corrected chi connectivity index (χ1v) is 9.68. The highest BCUT2D eigenvalue weighted by Gasteiger charge is 2.34. The lowest BCUT2D eigenvalue weighted by molar-refractivity contribution is -0.149. The van der Waals surface area contributed by atoms with E-state index >= 15 is 0 Å². The minimum atomic E-state index is -3.79. The molecule has 0 heterocycles. The van der Waals surface area contributed by atoms with Crippen molar-refractivity contribution in [2.45, 2.75) is 23.8 Å². The van der Waals surface area contributed by atoms with E-state index in [0.717, 1.165) is 10.8 Å². The van der Waals surface area contributed by atoms with Crippen LogP contribution in [0.4, 0.5) is 0 Å². The topological polar surface area (TPSA) is 122 Å². The minimum Gasteiger partial charge on any atom is -0.479 e. The standard InChI is InChI=1S/C18H22N2O6S/c1-18(12-26-2,17(22)23)20-16(21)9-10-19-27(24,25)15-8-7-13-5-3-4-6-14(13)11-15/h3-8,11,19H,9-10,12H2,1-2H3,(H,20,21)(H,22,23). The van der Waals surface area contributed by atoms with Gasteiger partial charge in [-0.1, -0.05) is 30.3 Å². The van der Waals surface area contributed by atoms with Crippen molar-refractivity contribution < 1.29 is 27.9 Å². The van der Waals surface area contributed by atoms with Gasteiger partial charge >= 0.3 is 5.97 Å². The number of carbonyl (C=O) groups excluding carboxylic acids is 1. The third kappa shape index (κ3) is 5.25. The second-order valence-corrected chi connectivity index (χ2v) is 8.04. The van der Waals surface area contributed by atoms with Crippen LogP contribution in [0, 0.1) is 0 Å². The third-order valence-electron chi connectivity index (χ3n) is 4.00. The summed E-state index contributed by atoms with van der Waals surface area (Å²) in [7, 11) is -2.46. The molecule has 0 spiro atoms. The number of sulfonamides is 1. The van der Waals surface area contributed by atoms with E-state index in [4.69, 9.17) is 4.74 Å². The summed E-state index contributed by atoms with van der Waals surface area (Å²) >= 11 is 0. The molecule has 0 aliphatic rings. The van der Waals surface area contributed by atoms with E-state index in [1.54, 1.807) is 12.1 Å². The van der Waals surface area contributed by atoms with Crippen LogP contribution in [0.5, 0.6) is 0 Å².